The Morgan fingerprint density at radius 2 is 2.14 bits per heavy atom. The molecule has 0 aromatic heterocycles. The van der Waals surface area contributed by atoms with Crippen LogP contribution in [0.3, 0.4) is 0 Å². The lowest BCUT2D eigenvalue weighted by molar-refractivity contribution is -0.149. The summed E-state index contributed by atoms with van der Waals surface area (Å²) in [5.41, 5.74) is 5.51. The summed E-state index contributed by atoms with van der Waals surface area (Å²) >= 11 is 1.56. The number of likely N-dealkylation sites (tertiary alicyclic amines) is 1. The molecule has 7 nitrogen and oxygen atoms in total. The van der Waals surface area contributed by atoms with Crippen LogP contribution in [0.15, 0.2) is 0 Å². The van der Waals surface area contributed by atoms with Crippen molar-refractivity contribution in [2.75, 3.05) is 18.6 Å². The fourth-order valence-electron chi connectivity index (χ4n) is 2.28. The maximum Gasteiger partial charge on any atom is 0.326 e. The van der Waals surface area contributed by atoms with Crippen LogP contribution in [-0.4, -0.2) is 64.5 Å². The molecule has 1 aliphatic heterocycles. The zero-order chi connectivity index (χ0) is 16.0. The second kappa shape index (κ2) is 8.23. The number of amides is 2. The zero-order valence-corrected chi connectivity index (χ0v) is 13.2. The number of rotatable bonds is 7. The number of nitrogens with zero attached hydrogens (tertiary/aromatic N) is 1. The van der Waals surface area contributed by atoms with Crippen molar-refractivity contribution >= 4 is 29.5 Å². The molecule has 1 aliphatic rings. The Labute approximate surface area is 128 Å². The maximum atomic E-state index is 12.5. The Balaban J connectivity index is 2.78. The molecule has 1 heterocycles. The molecule has 0 aromatic carbocycles. The number of hydrogen-bond donors (Lipinski definition) is 3. The van der Waals surface area contributed by atoms with Gasteiger partial charge in [0.05, 0.1) is 6.04 Å². The quantitative estimate of drug-likeness (QED) is 0.591. The van der Waals surface area contributed by atoms with Gasteiger partial charge in [0.15, 0.2) is 0 Å². The molecule has 0 radical (unpaired) electrons. The first kappa shape index (κ1) is 17.8. The molecule has 21 heavy (non-hydrogen) atoms. The minimum atomic E-state index is -0.997. The molecule has 0 saturated carbocycles. The van der Waals surface area contributed by atoms with Crippen molar-refractivity contribution in [1.82, 2.24) is 10.2 Å². The van der Waals surface area contributed by atoms with E-state index in [1.165, 1.54) is 4.90 Å². The molecule has 1 saturated heterocycles. The number of hydrogen-bond acceptors (Lipinski definition) is 5. The SMILES string of the molecule is CSCC[C@H](NC(=O)[C@H](C)N)C(=O)N1CCC[C@@H]1C(=O)O. The summed E-state index contributed by atoms with van der Waals surface area (Å²) in [4.78, 5) is 36.8. The van der Waals surface area contributed by atoms with Gasteiger partial charge in [-0.1, -0.05) is 0 Å². The first-order chi connectivity index (χ1) is 9.88. The molecule has 0 unspecified atom stereocenters. The Kier molecular flexibility index (Phi) is 6.97. The van der Waals surface area contributed by atoms with E-state index in [4.69, 9.17) is 10.8 Å². The molecule has 0 aromatic rings. The van der Waals surface area contributed by atoms with Crippen molar-refractivity contribution in [1.29, 1.82) is 0 Å². The minimum absolute atomic E-state index is 0.331. The number of nitrogens with two attached hydrogens (primary N) is 1. The van der Waals surface area contributed by atoms with Crippen molar-refractivity contribution in [3.05, 3.63) is 0 Å². The summed E-state index contributed by atoms with van der Waals surface area (Å²) in [7, 11) is 0. The van der Waals surface area contributed by atoms with Gasteiger partial charge in [0.25, 0.3) is 0 Å². The van der Waals surface area contributed by atoms with Crippen molar-refractivity contribution in [3.63, 3.8) is 0 Å². The van der Waals surface area contributed by atoms with Gasteiger partial charge in [-0.05, 0) is 38.2 Å². The number of carbonyl (C=O) groups is 3. The highest BCUT2D eigenvalue weighted by Gasteiger charge is 2.37. The number of carboxylic acid groups (broad SMARTS) is 1. The second-order valence-electron chi connectivity index (χ2n) is 5.16. The molecule has 4 N–H and O–H groups in total. The predicted molar refractivity (Wildman–Crippen MR) is 80.9 cm³/mol. The molecular formula is C13H23N3O4S. The lowest BCUT2D eigenvalue weighted by Gasteiger charge is -2.27. The van der Waals surface area contributed by atoms with E-state index in [1.807, 2.05) is 6.26 Å². The number of thioether (sulfide) groups is 1. The van der Waals surface area contributed by atoms with Gasteiger partial charge in [-0.15, -0.1) is 0 Å². The fraction of sp³-hybridized carbons (Fsp3) is 0.769. The first-order valence-corrected chi connectivity index (χ1v) is 8.36. The monoisotopic (exact) mass is 317 g/mol. The Morgan fingerprint density at radius 1 is 1.48 bits per heavy atom. The number of aliphatic carboxylic acids is 1. The van der Waals surface area contributed by atoms with Gasteiger partial charge in [-0.25, -0.2) is 4.79 Å². The van der Waals surface area contributed by atoms with Gasteiger partial charge >= 0.3 is 5.97 Å². The molecule has 2 amide bonds. The highest BCUT2D eigenvalue weighted by Crippen LogP contribution is 2.19. The summed E-state index contributed by atoms with van der Waals surface area (Å²) in [6, 6.07) is -2.21. The maximum absolute atomic E-state index is 12.5. The van der Waals surface area contributed by atoms with Crippen LogP contribution in [0.5, 0.6) is 0 Å². The molecular weight excluding hydrogens is 294 g/mol. The van der Waals surface area contributed by atoms with Crippen molar-refractivity contribution < 1.29 is 19.5 Å². The van der Waals surface area contributed by atoms with E-state index < -0.39 is 30.0 Å². The lowest BCUT2D eigenvalue weighted by Crippen LogP contribution is -2.54. The Morgan fingerprint density at radius 3 is 2.67 bits per heavy atom. The number of carboxylic acids is 1. The molecule has 0 spiro atoms. The average molecular weight is 317 g/mol. The molecule has 8 heteroatoms. The molecule has 1 fully saturated rings. The first-order valence-electron chi connectivity index (χ1n) is 6.96. The largest absolute Gasteiger partial charge is 0.480 e. The standard InChI is InChI=1S/C13H23N3O4S/c1-8(14)11(17)15-9(5-7-21-2)12(18)16-6-3-4-10(16)13(19)20/h8-10H,3-7,14H2,1-2H3,(H,15,17)(H,19,20)/t8-,9-,10+/m0/s1. The van der Waals surface area contributed by atoms with Crippen LogP contribution in [0.1, 0.15) is 26.2 Å². The van der Waals surface area contributed by atoms with Crippen LogP contribution in [0.25, 0.3) is 0 Å². The lowest BCUT2D eigenvalue weighted by atomic mass is 10.1. The summed E-state index contributed by atoms with van der Waals surface area (Å²) in [5.74, 6) is -1.03. The molecule has 0 aliphatic carbocycles. The van der Waals surface area contributed by atoms with E-state index >= 15 is 0 Å². The molecule has 120 valence electrons. The Bertz CT molecular complexity index is 403. The fourth-order valence-corrected chi connectivity index (χ4v) is 2.76. The highest BCUT2D eigenvalue weighted by atomic mass is 32.2. The normalized spacial score (nSPS) is 20.9. The van der Waals surface area contributed by atoms with Crippen molar-refractivity contribution in [3.8, 4) is 0 Å². The third-order valence-electron chi connectivity index (χ3n) is 3.46. The van der Waals surface area contributed by atoms with E-state index in [9.17, 15) is 14.4 Å². The number of nitrogens with one attached hydrogen (secondary N) is 1. The topological polar surface area (TPSA) is 113 Å². The van der Waals surface area contributed by atoms with Crippen LogP contribution in [0, 0.1) is 0 Å². The number of carbonyl (C=O) groups excluding carboxylic acids is 2. The summed E-state index contributed by atoms with van der Waals surface area (Å²) in [5, 5.41) is 11.8. The van der Waals surface area contributed by atoms with Crippen LogP contribution < -0.4 is 11.1 Å². The van der Waals surface area contributed by atoms with E-state index in [1.54, 1.807) is 18.7 Å². The van der Waals surface area contributed by atoms with Gasteiger partial charge in [-0.2, -0.15) is 11.8 Å². The molecule has 1 rings (SSSR count). The second-order valence-corrected chi connectivity index (χ2v) is 6.14. The van der Waals surface area contributed by atoms with Gasteiger partial charge in [0.2, 0.25) is 11.8 Å². The summed E-state index contributed by atoms with van der Waals surface area (Å²) < 4.78 is 0. The highest BCUT2D eigenvalue weighted by molar-refractivity contribution is 7.98. The van der Waals surface area contributed by atoms with Gasteiger partial charge in [0.1, 0.15) is 12.1 Å². The van der Waals surface area contributed by atoms with Gasteiger partial charge in [0, 0.05) is 6.54 Å². The smallest absolute Gasteiger partial charge is 0.326 e. The van der Waals surface area contributed by atoms with E-state index in [0.29, 0.717) is 31.6 Å². The molecule has 0 bridgehead atoms. The van der Waals surface area contributed by atoms with Crippen LogP contribution in [0.2, 0.25) is 0 Å². The van der Waals surface area contributed by atoms with Crippen molar-refractivity contribution in [2.45, 2.75) is 44.3 Å². The van der Waals surface area contributed by atoms with Gasteiger partial charge in [-0.3, -0.25) is 9.59 Å². The molecule has 3 atom stereocenters. The van der Waals surface area contributed by atoms with Crippen molar-refractivity contribution in [2.24, 2.45) is 5.73 Å². The van der Waals surface area contributed by atoms with Crippen LogP contribution in [-0.2, 0) is 14.4 Å². The van der Waals surface area contributed by atoms with Crippen LogP contribution in [0.4, 0.5) is 0 Å². The third kappa shape index (κ3) is 4.89. The van der Waals surface area contributed by atoms with E-state index in [2.05, 4.69) is 5.32 Å². The predicted octanol–water partition coefficient (Wildman–Crippen LogP) is -0.353. The van der Waals surface area contributed by atoms with Gasteiger partial charge < -0.3 is 21.1 Å². The van der Waals surface area contributed by atoms with Crippen LogP contribution >= 0.6 is 11.8 Å². The Hall–Kier alpha value is -1.28. The third-order valence-corrected chi connectivity index (χ3v) is 4.10. The zero-order valence-electron chi connectivity index (χ0n) is 12.4. The summed E-state index contributed by atoms with van der Waals surface area (Å²) in [6.07, 6.45) is 3.49. The average Bonchev–Trinajstić information content (AvgIpc) is 2.91. The summed E-state index contributed by atoms with van der Waals surface area (Å²) in [6.45, 7) is 1.96. The minimum Gasteiger partial charge on any atom is -0.480 e. The van der Waals surface area contributed by atoms with E-state index in [-0.39, 0.29) is 5.91 Å². The van der Waals surface area contributed by atoms with E-state index in [0.717, 1.165) is 0 Å².